The average Bonchev–Trinajstić information content (AvgIpc) is 2.61. The van der Waals surface area contributed by atoms with Crippen LogP contribution in [-0.4, -0.2) is 8.42 Å². The maximum absolute atomic E-state index is 11.6. The van der Waals surface area contributed by atoms with Gasteiger partial charge in [0.25, 0.3) is 10.2 Å². The molecule has 0 fully saturated rings. The molecule has 3 aromatic carbocycles. The first-order valence-electron chi connectivity index (χ1n) is 7.36. The van der Waals surface area contributed by atoms with E-state index in [2.05, 4.69) is 10.3 Å². The molecular weight excluding hydrogens is 467 g/mol. The second-order valence-corrected chi connectivity index (χ2v) is 8.81. The first-order valence-corrected chi connectivity index (χ1v) is 11.8. The quantitative estimate of drug-likeness (QED) is 0.553. The molecule has 8 heteroatoms. The van der Waals surface area contributed by atoms with Crippen molar-refractivity contribution in [3.8, 4) is 22.3 Å². The van der Waals surface area contributed by atoms with Gasteiger partial charge in [-0.3, -0.25) is 0 Å². The number of halogens is 1. The molecule has 6 nitrogen and oxygen atoms in total. The predicted octanol–water partition coefficient (Wildman–Crippen LogP) is 3.54. The molecule has 0 aliphatic carbocycles. The number of benzene rings is 3. The third-order valence-electron chi connectivity index (χ3n) is 3.32. The Labute approximate surface area is 159 Å². The van der Waals surface area contributed by atoms with Crippen molar-refractivity contribution in [2.75, 3.05) is 0 Å². The van der Waals surface area contributed by atoms with Crippen LogP contribution in [0.4, 0.5) is 0 Å². The second-order valence-electron chi connectivity index (χ2n) is 5.23. The van der Waals surface area contributed by atoms with Crippen molar-refractivity contribution in [3.63, 3.8) is 0 Å². The zero-order chi connectivity index (χ0) is 19.2. The van der Waals surface area contributed by atoms with Gasteiger partial charge in [0.1, 0.15) is 0 Å². The molecule has 0 aromatic heterocycles. The van der Waals surface area contributed by atoms with Crippen LogP contribution in [0.25, 0.3) is 22.3 Å². The van der Waals surface area contributed by atoms with Crippen LogP contribution in [0.5, 0.6) is 0 Å². The summed E-state index contributed by atoms with van der Waals surface area (Å²) in [7, 11) is -3.67. The predicted molar refractivity (Wildman–Crippen MR) is 109 cm³/mol. The maximum Gasteiger partial charge on any atom is 0.341 e. The van der Waals surface area contributed by atoms with Gasteiger partial charge in [-0.1, -0.05) is 66.7 Å². The Balaban J connectivity index is 0.000000431. The van der Waals surface area contributed by atoms with Gasteiger partial charge in [-0.05, 0) is 28.8 Å². The van der Waals surface area contributed by atoms with Crippen LogP contribution in [0.2, 0.25) is 0 Å². The third-order valence-corrected chi connectivity index (χ3v) is 5.21. The van der Waals surface area contributed by atoms with Gasteiger partial charge in [-0.2, -0.15) is 8.42 Å². The van der Waals surface area contributed by atoms with Gasteiger partial charge in [-0.15, -0.1) is 0 Å². The summed E-state index contributed by atoms with van der Waals surface area (Å²) in [4.78, 5) is 0. The highest BCUT2D eigenvalue weighted by Gasteiger charge is 2.11. The van der Waals surface area contributed by atoms with E-state index in [0.717, 1.165) is 22.3 Å². The molecule has 4 N–H and O–H groups in total. The lowest BCUT2D eigenvalue weighted by molar-refractivity contribution is 0.599. The second kappa shape index (κ2) is 8.99. The molecule has 0 spiro atoms. The SMILES string of the molecule is NS(N)(=O)=O.O=I(=O)c1ccc(-c2ccccc2)cc1-c1ccccc1. The van der Waals surface area contributed by atoms with Crippen molar-refractivity contribution in [3.05, 3.63) is 82.4 Å². The zero-order valence-corrected chi connectivity index (χ0v) is 16.6. The van der Waals surface area contributed by atoms with E-state index >= 15 is 0 Å². The summed E-state index contributed by atoms with van der Waals surface area (Å²) in [6.45, 7) is 0. The smallest absolute Gasteiger partial charge is 0.230 e. The highest BCUT2D eigenvalue weighted by atomic mass is 127. The number of rotatable bonds is 3. The minimum atomic E-state index is -3.67. The summed E-state index contributed by atoms with van der Waals surface area (Å²) in [5.74, 6) is 0. The van der Waals surface area contributed by atoms with Gasteiger partial charge in [0.15, 0.2) is 0 Å². The first kappa shape index (κ1) is 20.2. The molecular formula is C18H17IN2O4S. The fourth-order valence-corrected chi connectivity index (χ4v) is 3.72. The number of nitrogens with two attached hydrogens (primary N) is 2. The summed E-state index contributed by atoms with van der Waals surface area (Å²) < 4.78 is 42.0. The van der Waals surface area contributed by atoms with Crippen LogP contribution in [0.15, 0.2) is 78.9 Å². The zero-order valence-electron chi connectivity index (χ0n) is 13.6. The Morgan fingerprint density at radius 3 is 1.58 bits per heavy atom. The highest BCUT2D eigenvalue weighted by molar-refractivity contribution is 14.2. The normalized spacial score (nSPS) is 10.9. The Bertz CT molecular complexity index is 1040. The fourth-order valence-electron chi connectivity index (χ4n) is 2.31. The molecule has 136 valence electrons. The molecule has 0 atom stereocenters. The monoisotopic (exact) mass is 484 g/mol. The van der Waals surface area contributed by atoms with Gasteiger partial charge < -0.3 is 0 Å². The summed E-state index contributed by atoms with van der Waals surface area (Å²) in [6, 6.07) is 25.2. The highest BCUT2D eigenvalue weighted by Crippen LogP contribution is 2.34. The molecule has 0 radical (unpaired) electrons. The van der Waals surface area contributed by atoms with E-state index in [1.165, 1.54) is 0 Å². The molecule has 3 rings (SSSR count). The van der Waals surface area contributed by atoms with E-state index in [0.29, 0.717) is 3.57 Å². The Kier molecular flexibility index (Phi) is 6.98. The molecule has 0 unspecified atom stereocenters. The molecule has 0 saturated carbocycles. The Morgan fingerprint density at radius 2 is 1.12 bits per heavy atom. The van der Waals surface area contributed by atoms with Crippen LogP contribution >= 0.6 is 19.8 Å². The standard InChI is InChI=1S/C18H13IO2.H4N2O2S/c20-19(21)18-12-11-16(14-7-3-1-4-8-14)13-17(18)15-9-5-2-6-10-15;1-5(2,3)4/h1-13H;(H4,1,2,3,4). The van der Waals surface area contributed by atoms with E-state index in [1.807, 2.05) is 72.8 Å². The summed E-state index contributed by atoms with van der Waals surface area (Å²) in [6.07, 6.45) is 0. The van der Waals surface area contributed by atoms with E-state index in [1.54, 1.807) is 6.07 Å². The van der Waals surface area contributed by atoms with Crippen LogP contribution < -0.4 is 10.3 Å². The van der Waals surface area contributed by atoms with Crippen LogP contribution in [0.1, 0.15) is 0 Å². The molecule has 3 aromatic rings. The van der Waals surface area contributed by atoms with Crippen LogP contribution in [0.3, 0.4) is 0 Å². The van der Waals surface area contributed by atoms with Gasteiger partial charge >= 0.3 is 19.8 Å². The molecule has 0 saturated heterocycles. The van der Waals surface area contributed by atoms with Crippen molar-refractivity contribution in [1.82, 2.24) is 0 Å². The fraction of sp³-hybridized carbons (Fsp3) is 0. The van der Waals surface area contributed by atoms with E-state index in [-0.39, 0.29) is 0 Å². The third kappa shape index (κ3) is 6.30. The van der Waals surface area contributed by atoms with Crippen molar-refractivity contribution in [2.24, 2.45) is 10.3 Å². The Morgan fingerprint density at radius 1 is 0.654 bits per heavy atom. The minimum absolute atomic E-state index is 0.449. The summed E-state index contributed by atoms with van der Waals surface area (Å²) in [5.41, 5.74) is 3.82. The lowest BCUT2D eigenvalue weighted by Crippen LogP contribution is -2.21. The molecule has 0 aliphatic rings. The first-order chi connectivity index (χ1) is 12.3. The van der Waals surface area contributed by atoms with Crippen LogP contribution in [0, 0.1) is 3.57 Å². The molecule has 26 heavy (non-hydrogen) atoms. The van der Waals surface area contributed by atoms with Gasteiger partial charge in [0.2, 0.25) is 0 Å². The number of hydrogen-bond acceptors (Lipinski definition) is 4. The van der Waals surface area contributed by atoms with Crippen molar-refractivity contribution in [2.45, 2.75) is 0 Å². The molecule has 0 bridgehead atoms. The van der Waals surface area contributed by atoms with Gasteiger partial charge in [0.05, 0.1) is 3.57 Å². The van der Waals surface area contributed by atoms with Crippen molar-refractivity contribution in [1.29, 1.82) is 0 Å². The lowest BCUT2D eigenvalue weighted by atomic mass is 9.99. The van der Waals surface area contributed by atoms with Gasteiger partial charge in [0, 0.05) is 5.56 Å². The van der Waals surface area contributed by atoms with E-state index in [9.17, 15) is 14.6 Å². The molecule has 0 aliphatic heterocycles. The van der Waals surface area contributed by atoms with E-state index < -0.39 is 30.0 Å². The molecule has 0 amide bonds. The van der Waals surface area contributed by atoms with Crippen LogP contribution in [-0.2, 0) is 16.3 Å². The van der Waals surface area contributed by atoms with Gasteiger partial charge in [-0.25, -0.2) is 16.4 Å². The van der Waals surface area contributed by atoms with Crippen molar-refractivity contribution < 1.29 is 14.6 Å². The summed E-state index contributed by atoms with van der Waals surface area (Å²) >= 11 is -3.53. The largest absolute Gasteiger partial charge is 0.341 e. The van der Waals surface area contributed by atoms with E-state index in [4.69, 9.17) is 0 Å². The summed E-state index contributed by atoms with van der Waals surface area (Å²) in [5, 5.41) is 8.21. The van der Waals surface area contributed by atoms with Crippen molar-refractivity contribution >= 4 is 30.0 Å². The lowest BCUT2D eigenvalue weighted by Gasteiger charge is -2.08. The topological polar surface area (TPSA) is 120 Å². The maximum atomic E-state index is 11.6. The minimum Gasteiger partial charge on any atom is -0.230 e. The average molecular weight is 484 g/mol. The number of hydrogen-bond donors (Lipinski definition) is 2. The Hall–Kier alpha value is -2.14. The molecule has 0 heterocycles.